The van der Waals surface area contributed by atoms with Crippen LogP contribution in [0.4, 0.5) is 0 Å². The summed E-state index contributed by atoms with van der Waals surface area (Å²) >= 11 is 5.89. The quantitative estimate of drug-likeness (QED) is 0.795. The minimum atomic E-state index is -3.52. The number of thiophene rings is 1. The number of rotatable bonds is 6. The van der Waals surface area contributed by atoms with Crippen molar-refractivity contribution in [3.8, 4) is 0 Å². The standard InChI is InChI=1S/C10H16N2O3S3/c1-7(6-15-3)12(2)18(13,14)9-5-4-8(17-9)10(11)16/h4-5,7H,6H2,1-3H3,(H2,11,16). The number of thiocarbonyl (C=S) groups is 1. The minimum absolute atomic E-state index is 0.203. The van der Waals surface area contributed by atoms with Gasteiger partial charge in [0.2, 0.25) is 0 Å². The van der Waals surface area contributed by atoms with Crippen LogP contribution < -0.4 is 5.73 Å². The van der Waals surface area contributed by atoms with Crippen LogP contribution in [-0.2, 0) is 14.8 Å². The highest BCUT2D eigenvalue weighted by atomic mass is 32.2. The van der Waals surface area contributed by atoms with Gasteiger partial charge in [-0.15, -0.1) is 11.3 Å². The Morgan fingerprint density at radius 2 is 2.22 bits per heavy atom. The van der Waals surface area contributed by atoms with E-state index in [1.807, 2.05) is 0 Å². The van der Waals surface area contributed by atoms with E-state index in [2.05, 4.69) is 0 Å². The third kappa shape index (κ3) is 3.27. The van der Waals surface area contributed by atoms with Crippen LogP contribution in [0.25, 0.3) is 0 Å². The van der Waals surface area contributed by atoms with E-state index < -0.39 is 10.0 Å². The zero-order valence-electron chi connectivity index (χ0n) is 10.4. The van der Waals surface area contributed by atoms with E-state index >= 15 is 0 Å². The van der Waals surface area contributed by atoms with Gasteiger partial charge in [0.25, 0.3) is 10.0 Å². The van der Waals surface area contributed by atoms with Crippen molar-refractivity contribution in [1.82, 2.24) is 4.31 Å². The lowest BCUT2D eigenvalue weighted by molar-refractivity contribution is 0.149. The Labute approximate surface area is 117 Å². The van der Waals surface area contributed by atoms with E-state index in [0.717, 1.165) is 11.3 Å². The fourth-order valence-electron chi connectivity index (χ4n) is 1.32. The van der Waals surface area contributed by atoms with Crippen LogP contribution >= 0.6 is 23.6 Å². The fourth-order valence-corrected chi connectivity index (χ4v) is 4.20. The molecule has 0 aliphatic rings. The number of methoxy groups -OCH3 is 1. The topological polar surface area (TPSA) is 72.6 Å². The Kier molecular flexibility index (Phi) is 5.23. The molecular formula is C10H16N2O3S3. The van der Waals surface area contributed by atoms with Crippen LogP contribution in [0.15, 0.2) is 16.3 Å². The average Bonchev–Trinajstić information content (AvgIpc) is 2.78. The predicted molar refractivity (Wildman–Crippen MR) is 76.5 cm³/mol. The maximum atomic E-state index is 12.3. The average molecular weight is 308 g/mol. The Morgan fingerprint density at radius 3 is 2.67 bits per heavy atom. The molecule has 0 fully saturated rings. The third-order valence-corrected chi connectivity index (χ3v) is 6.39. The van der Waals surface area contributed by atoms with Gasteiger partial charge in [-0.1, -0.05) is 12.2 Å². The number of likely N-dealkylation sites (N-methyl/N-ethyl adjacent to an activating group) is 1. The monoisotopic (exact) mass is 308 g/mol. The van der Waals surface area contributed by atoms with Crippen molar-refractivity contribution in [3.05, 3.63) is 17.0 Å². The molecule has 1 aromatic heterocycles. The summed E-state index contributed by atoms with van der Waals surface area (Å²) in [5.41, 5.74) is 5.47. The molecule has 102 valence electrons. The molecular weight excluding hydrogens is 292 g/mol. The van der Waals surface area contributed by atoms with E-state index in [0.29, 0.717) is 11.5 Å². The number of sulfonamides is 1. The first-order valence-corrected chi connectivity index (χ1v) is 7.83. The van der Waals surface area contributed by atoms with E-state index in [9.17, 15) is 8.42 Å². The van der Waals surface area contributed by atoms with E-state index in [1.54, 1.807) is 13.0 Å². The van der Waals surface area contributed by atoms with Crippen molar-refractivity contribution in [1.29, 1.82) is 0 Å². The Morgan fingerprint density at radius 1 is 1.61 bits per heavy atom. The summed E-state index contributed by atoms with van der Waals surface area (Å²) in [6.07, 6.45) is 0. The predicted octanol–water partition coefficient (Wildman–Crippen LogP) is 1.04. The van der Waals surface area contributed by atoms with Crippen molar-refractivity contribution in [2.75, 3.05) is 20.8 Å². The molecule has 1 unspecified atom stereocenters. The van der Waals surface area contributed by atoms with Crippen molar-refractivity contribution in [2.24, 2.45) is 5.73 Å². The first-order valence-electron chi connectivity index (χ1n) is 5.17. The molecule has 1 atom stereocenters. The lowest BCUT2D eigenvalue weighted by Gasteiger charge is -2.22. The van der Waals surface area contributed by atoms with Gasteiger partial charge in [0.05, 0.1) is 11.5 Å². The first-order chi connectivity index (χ1) is 8.30. The van der Waals surface area contributed by atoms with Crippen molar-refractivity contribution in [2.45, 2.75) is 17.2 Å². The summed E-state index contributed by atoms with van der Waals surface area (Å²) in [4.78, 5) is 0.797. The molecule has 0 aromatic carbocycles. The molecule has 0 saturated heterocycles. The highest BCUT2D eigenvalue weighted by Gasteiger charge is 2.27. The van der Waals surface area contributed by atoms with Crippen LogP contribution in [0.2, 0.25) is 0 Å². The molecule has 0 bridgehead atoms. The first kappa shape index (κ1) is 15.5. The van der Waals surface area contributed by atoms with E-state index in [-0.39, 0.29) is 15.2 Å². The summed E-state index contributed by atoms with van der Waals surface area (Å²) in [5, 5.41) is 0. The largest absolute Gasteiger partial charge is 0.389 e. The Bertz CT molecular complexity index is 524. The Hall–Kier alpha value is -0.540. The highest BCUT2D eigenvalue weighted by molar-refractivity contribution is 7.91. The van der Waals surface area contributed by atoms with E-state index in [1.165, 1.54) is 24.5 Å². The van der Waals surface area contributed by atoms with Crippen molar-refractivity contribution in [3.63, 3.8) is 0 Å². The molecule has 1 rings (SSSR count). The second kappa shape index (κ2) is 6.07. The SMILES string of the molecule is COCC(C)N(C)S(=O)(=O)c1ccc(C(N)=S)s1. The summed E-state index contributed by atoms with van der Waals surface area (Å²) in [6, 6.07) is 2.90. The number of hydrogen-bond donors (Lipinski definition) is 1. The molecule has 0 amide bonds. The maximum Gasteiger partial charge on any atom is 0.252 e. The molecule has 18 heavy (non-hydrogen) atoms. The van der Waals surface area contributed by atoms with Gasteiger partial charge in [0.15, 0.2) is 0 Å². The van der Waals surface area contributed by atoms with Gasteiger partial charge in [0, 0.05) is 20.2 Å². The van der Waals surface area contributed by atoms with Gasteiger partial charge in [0.1, 0.15) is 9.20 Å². The van der Waals surface area contributed by atoms with Crippen LogP contribution in [0, 0.1) is 0 Å². The van der Waals surface area contributed by atoms with Gasteiger partial charge < -0.3 is 10.5 Å². The maximum absolute atomic E-state index is 12.3. The molecule has 5 nitrogen and oxygen atoms in total. The molecule has 8 heteroatoms. The number of nitrogens with two attached hydrogens (primary N) is 1. The van der Waals surface area contributed by atoms with Crippen molar-refractivity contribution < 1.29 is 13.2 Å². The summed E-state index contributed by atoms with van der Waals surface area (Å²) in [6.45, 7) is 2.12. The smallest absolute Gasteiger partial charge is 0.252 e. The van der Waals surface area contributed by atoms with Crippen LogP contribution in [0.1, 0.15) is 11.8 Å². The Balaban J connectivity index is 3.01. The molecule has 0 radical (unpaired) electrons. The molecule has 1 heterocycles. The van der Waals surface area contributed by atoms with Crippen LogP contribution in [0.3, 0.4) is 0 Å². The minimum Gasteiger partial charge on any atom is -0.389 e. The molecule has 0 aliphatic heterocycles. The zero-order chi connectivity index (χ0) is 13.9. The normalized spacial score (nSPS) is 13.8. The second-order valence-electron chi connectivity index (χ2n) is 3.81. The zero-order valence-corrected chi connectivity index (χ0v) is 12.9. The van der Waals surface area contributed by atoms with Crippen LogP contribution in [0.5, 0.6) is 0 Å². The van der Waals surface area contributed by atoms with Crippen molar-refractivity contribution >= 4 is 38.6 Å². The summed E-state index contributed by atoms with van der Waals surface area (Å²) in [5.74, 6) is 0. The molecule has 0 aliphatic carbocycles. The molecule has 1 aromatic rings. The molecule has 2 N–H and O–H groups in total. The number of nitrogens with zero attached hydrogens (tertiary/aromatic N) is 1. The summed E-state index contributed by atoms with van der Waals surface area (Å²) in [7, 11) is -0.455. The second-order valence-corrected chi connectivity index (χ2v) is 7.56. The lowest BCUT2D eigenvalue weighted by atomic mass is 10.4. The number of hydrogen-bond acceptors (Lipinski definition) is 5. The third-order valence-electron chi connectivity index (χ3n) is 2.49. The van der Waals surface area contributed by atoms with Crippen LogP contribution in [-0.4, -0.2) is 44.5 Å². The van der Waals surface area contributed by atoms with Gasteiger partial charge in [-0.05, 0) is 19.1 Å². The van der Waals surface area contributed by atoms with Gasteiger partial charge >= 0.3 is 0 Å². The fraction of sp³-hybridized carbons (Fsp3) is 0.500. The lowest BCUT2D eigenvalue weighted by Crippen LogP contribution is -2.37. The van der Waals surface area contributed by atoms with Gasteiger partial charge in [-0.2, -0.15) is 4.31 Å². The summed E-state index contributed by atoms with van der Waals surface area (Å²) < 4.78 is 31.0. The molecule has 0 spiro atoms. The molecule has 0 saturated carbocycles. The van der Waals surface area contributed by atoms with Gasteiger partial charge in [-0.3, -0.25) is 0 Å². The van der Waals surface area contributed by atoms with E-state index in [4.69, 9.17) is 22.7 Å². The van der Waals surface area contributed by atoms with Gasteiger partial charge in [-0.25, -0.2) is 8.42 Å². The number of ether oxygens (including phenoxy) is 1. The highest BCUT2D eigenvalue weighted by Crippen LogP contribution is 2.25.